The summed E-state index contributed by atoms with van der Waals surface area (Å²) in [5, 5.41) is 4.93. The lowest BCUT2D eigenvalue weighted by Gasteiger charge is -2.33. The molecule has 7 nitrogen and oxygen atoms in total. The molecule has 0 aromatic carbocycles. The van der Waals surface area contributed by atoms with E-state index in [4.69, 9.17) is 9.84 Å². The van der Waals surface area contributed by atoms with Crippen molar-refractivity contribution in [3.8, 4) is 0 Å². The Morgan fingerprint density at radius 2 is 1.79 bits per heavy atom. The molecule has 28 heavy (non-hydrogen) atoms. The van der Waals surface area contributed by atoms with Gasteiger partial charge < -0.3 is 19.4 Å². The van der Waals surface area contributed by atoms with Crippen molar-refractivity contribution in [2.24, 2.45) is 5.41 Å². The van der Waals surface area contributed by atoms with Gasteiger partial charge in [0, 0.05) is 57.3 Å². The number of carbonyl (C=O) groups excluding carboxylic acids is 1. The zero-order valence-electron chi connectivity index (χ0n) is 16.7. The van der Waals surface area contributed by atoms with Crippen molar-refractivity contribution in [2.75, 3.05) is 50.8 Å². The van der Waals surface area contributed by atoms with E-state index in [1.54, 1.807) is 4.68 Å². The number of fused-ring (bicyclic) bond motifs is 5. The van der Waals surface area contributed by atoms with Gasteiger partial charge in [0.25, 0.3) is 0 Å². The highest BCUT2D eigenvalue weighted by atomic mass is 16.5. The number of rotatable bonds is 1. The summed E-state index contributed by atoms with van der Waals surface area (Å²) >= 11 is 0. The quantitative estimate of drug-likeness (QED) is 0.741. The second-order valence-electron chi connectivity index (χ2n) is 9.50. The summed E-state index contributed by atoms with van der Waals surface area (Å²) in [6.45, 7) is 7.46. The van der Waals surface area contributed by atoms with Gasteiger partial charge in [-0.05, 0) is 43.9 Å². The molecule has 1 saturated carbocycles. The van der Waals surface area contributed by atoms with E-state index in [-0.39, 0.29) is 6.03 Å². The Bertz CT molecular complexity index is 768. The minimum atomic E-state index is 0.0671. The van der Waals surface area contributed by atoms with Gasteiger partial charge in [-0.2, -0.15) is 4.68 Å². The van der Waals surface area contributed by atoms with Gasteiger partial charge in [0.15, 0.2) is 5.82 Å². The SMILES string of the molecule is O=C(N1CCN2CCC1CC2)n1nc(N2CCC3(CC2)CC3)c2c1COCC2. The summed E-state index contributed by atoms with van der Waals surface area (Å²) in [4.78, 5) is 20.6. The third-order valence-electron chi connectivity index (χ3n) is 7.97. The average Bonchev–Trinajstić information content (AvgIpc) is 3.47. The molecular formula is C21H31N5O2. The van der Waals surface area contributed by atoms with Gasteiger partial charge in [0.1, 0.15) is 0 Å². The Balaban J connectivity index is 1.30. The van der Waals surface area contributed by atoms with Crippen LogP contribution in [0.5, 0.6) is 0 Å². The van der Waals surface area contributed by atoms with Crippen molar-refractivity contribution in [3.05, 3.63) is 11.3 Å². The van der Waals surface area contributed by atoms with Gasteiger partial charge in [-0.3, -0.25) is 0 Å². The Labute approximate surface area is 166 Å². The predicted molar refractivity (Wildman–Crippen MR) is 106 cm³/mol. The molecule has 0 unspecified atom stereocenters. The van der Waals surface area contributed by atoms with Crippen molar-refractivity contribution >= 4 is 11.8 Å². The number of nitrogens with zero attached hydrogens (tertiary/aromatic N) is 5. The number of ether oxygens (including phenoxy) is 1. The van der Waals surface area contributed by atoms with Crippen LogP contribution >= 0.6 is 0 Å². The highest BCUT2D eigenvalue weighted by Gasteiger charge is 2.45. The molecule has 7 rings (SSSR count). The number of hydrogen-bond donors (Lipinski definition) is 0. The summed E-state index contributed by atoms with van der Waals surface area (Å²) in [5.41, 5.74) is 2.91. The van der Waals surface area contributed by atoms with Crippen molar-refractivity contribution in [2.45, 2.75) is 57.6 Å². The maximum atomic E-state index is 13.6. The third kappa shape index (κ3) is 2.77. The first-order chi connectivity index (χ1) is 13.7. The van der Waals surface area contributed by atoms with Gasteiger partial charge >= 0.3 is 6.03 Å². The lowest BCUT2D eigenvalue weighted by Crippen LogP contribution is -2.44. The molecule has 5 aliphatic heterocycles. The molecule has 6 aliphatic rings. The van der Waals surface area contributed by atoms with Crippen molar-refractivity contribution in [3.63, 3.8) is 0 Å². The smallest absolute Gasteiger partial charge is 0.345 e. The fraction of sp³-hybridized carbons (Fsp3) is 0.810. The molecule has 4 saturated heterocycles. The van der Waals surface area contributed by atoms with Crippen LogP contribution in [0.25, 0.3) is 0 Å². The Hall–Kier alpha value is -1.60. The molecule has 1 aromatic heterocycles. The molecular weight excluding hydrogens is 354 g/mol. The summed E-state index contributed by atoms with van der Waals surface area (Å²) in [7, 11) is 0. The minimum absolute atomic E-state index is 0.0671. The van der Waals surface area contributed by atoms with E-state index in [1.165, 1.54) is 31.2 Å². The van der Waals surface area contributed by atoms with Crippen molar-refractivity contribution < 1.29 is 9.53 Å². The fourth-order valence-corrected chi connectivity index (χ4v) is 5.76. The van der Waals surface area contributed by atoms with Crippen LogP contribution in [0.3, 0.4) is 0 Å². The molecule has 0 atom stereocenters. The van der Waals surface area contributed by atoms with Gasteiger partial charge in [0.05, 0.1) is 18.9 Å². The Morgan fingerprint density at radius 1 is 1.00 bits per heavy atom. The standard InChI is InChI=1S/C21H31N5O2/c27-20(25-13-12-23-8-1-16(25)2-9-23)26-18-15-28-14-3-17(18)19(22-26)24-10-6-21(4-5-21)7-11-24/h16H,1-15H2. The molecule has 152 valence electrons. The van der Waals surface area contributed by atoms with E-state index in [0.29, 0.717) is 18.1 Å². The van der Waals surface area contributed by atoms with Gasteiger partial charge in [-0.25, -0.2) is 4.79 Å². The minimum Gasteiger partial charge on any atom is -0.375 e. The number of amides is 1. The number of hydrogen-bond acceptors (Lipinski definition) is 5. The molecule has 0 radical (unpaired) electrons. The van der Waals surface area contributed by atoms with Crippen LogP contribution in [-0.4, -0.2) is 77.5 Å². The number of anilines is 1. The summed E-state index contributed by atoms with van der Waals surface area (Å²) in [5.74, 6) is 1.06. The van der Waals surface area contributed by atoms with E-state index in [0.717, 1.165) is 76.6 Å². The molecule has 1 aromatic rings. The second-order valence-corrected chi connectivity index (χ2v) is 9.50. The van der Waals surface area contributed by atoms with Gasteiger partial charge in [0.2, 0.25) is 0 Å². The maximum Gasteiger partial charge on any atom is 0.345 e. The molecule has 5 fully saturated rings. The summed E-state index contributed by atoms with van der Waals surface area (Å²) < 4.78 is 7.45. The van der Waals surface area contributed by atoms with Crippen molar-refractivity contribution in [1.29, 1.82) is 0 Å². The first-order valence-corrected chi connectivity index (χ1v) is 11.2. The number of aromatic nitrogens is 2. The monoisotopic (exact) mass is 385 g/mol. The zero-order chi connectivity index (χ0) is 18.7. The van der Waals surface area contributed by atoms with Crippen LogP contribution in [0, 0.1) is 5.41 Å². The topological polar surface area (TPSA) is 53.8 Å². The highest BCUT2D eigenvalue weighted by molar-refractivity contribution is 5.79. The lowest BCUT2D eigenvalue weighted by molar-refractivity contribution is 0.103. The van der Waals surface area contributed by atoms with Crippen LogP contribution in [-0.2, 0) is 17.8 Å². The Morgan fingerprint density at radius 3 is 2.54 bits per heavy atom. The van der Waals surface area contributed by atoms with Gasteiger partial charge in [-0.1, -0.05) is 0 Å². The molecule has 2 bridgehead atoms. The van der Waals surface area contributed by atoms with Crippen LogP contribution in [0.15, 0.2) is 0 Å². The zero-order valence-corrected chi connectivity index (χ0v) is 16.7. The van der Waals surface area contributed by atoms with Crippen LogP contribution in [0.2, 0.25) is 0 Å². The molecule has 1 amide bonds. The van der Waals surface area contributed by atoms with Crippen LogP contribution in [0.4, 0.5) is 10.6 Å². The first-order valence-electron chi connectivity index (χ1n) is 11.2. The van der Waals surface area contributed by atoms with Crippen LogP contribution in [0.1, 0.15) is 49.8 Å². The summed E-state index contributed by atoms with van der Waals surface area (Å²) in [6.07, 6.45) is 8.43. The average molecular weight is 386 g/mol. The van der Waals surface area contributed by atoms with E-state index < -0.39 is 0 Å². The highest BCUT2D eigenvalue weighted by Crippen LogP contribution is 2.54. The molecule has 7 heteroatoms. The molecule has 0 N–H and O–H groups in total. The second kappa shape index (κ2) is 6.46. The lowest BCUT2D eigenvalue weighted by atomic mass is 9.93. The first kappa shape index (κ1) is 17.3. The van der Waals surface area contributed by atoms with E-state index in [1.807, 2.05) is 0 Å². The maximum absolute atomic E-state index is 13.6. The predicted octanol–water partition coefficient (Wildman–Crippen LogP) is 2.08. The largest absolute Gasteiger partial charge is 0.375 e. The van der Waals surface area contributed by atoms with Crippen molar-refractivity contribution in [1.82, 2.24) is 19.6 Å². The van der Waals surface area contributed by atoms with Gasteiger partial charge in [-0.15, -0.1) is 5.10 Å². The van der Waals surface area contributed by atoms with Crippen LogP contribution < -0.4 is 4.90 Å². The number of carbonyl (C=O) groups is 1. The van der Waals surface area contributed by atoms with E-state index in [9.17, 15) is 4.79 Å². The third-order valence-corrected chi connectivity index (χ3v) is 7.97. The molecule has 1 spiro atoms. The normalized spacial score (nSPS) is 31.0. The van der Waals surface area contributed by atoms with E-state index in [2.05, 4.69) is 14.7 Å². The van der Waals surface area contributed by atoms with E-state index >= 15 is 0 Å². The summed E-state index contributed by atoms with van der Waals surface area (Å²) in [6, 6.07) is 0.432. The fourth-order valence-electron chi connectivity index (χ4n) is 5.76. The number of piperidine rings is 2. The molecule has 6 heterocycles. The Kier molecular flexibility index (Phi) is 3.98. The molecule has 1 aliphatic carbocycles.